The van der Waals surface area contributed by atoms with Crippen LogP contribution in [0.5, 0.6) is 5.75 Å². The van der Waals surface area contributed by atoms with Gasteiger partial charge >= 0.3 is 0 Å². The predicted molar refractivity (Wildman–Crippen MR) is 92.3 cm³/mol. The molecule has 1 aromatic rings. The Morgan fingerprint density at radius 3 is 2.74 bits per heavy atom. The number of nitrogens with two attached hydrogens (primary N) is 1. The van der Waals surface area contributed by atoms with Crippen LogP contribution in [0.2, 0.25) is 0 Å². The molecule has 1 aliphatic carbocycles. The molecule has 1 aromatic carbocycles. The first-order chi connectivity index (χ1) is 11.0. The summed E-state index contributed by atoms with van der Waals surface area (Å²) in [5.41, 5.74) is 6.59. The molecule has 3 N–H and O–H groups in total. The van der Waals surface area contributed by atoms with Gasteiger partial charge in [0.15, 0.2) is 0 Å². The monoisotopic (exact) mass is 319 g/mol. The second-order valence-electron chi connectivity index (χ2n) is 6.70. The van der Waals surface area contributed by atoms with Crippen LogP contribution >= 0.6 is 0 Å². The van der Waals surface area contributed by atoms with Crippen LogP contribution in [0.3, 0.4) is 0 Å². The van der Waals surface area contributed by atoms with Crippen molar-refractivity contribution in [3.05, 3.63) is 29.8 Å². The van der Waals surface area contributed by atoms with E-state index in [1.807, 2.05) is 38.4 Å². The molecule has 2 rings (SSSR count). The van der Waals surface area contributed by atoms with Crippen LogP contribution in [0, 0.1) is 0 Å². The summed E-state index contributed by atoms with van der Waals surface area (Å²) in [7, 11) is 4.03. The molecule has 128 valence electrons. The number of rotatable bonds is 7. The number of ether oxygens (including phenoxy) is 1. The molecule has 1 aliphatic rings. The van der Waals surface area contributed by atoms with Gasteiger partial charge in [-0.3, -0.25) is 4.79 Å². The molecule has 0 aromatic heterocycles. The van der Waals surface area contributed by atoms with Crippen LogP contribution < -0.4 is 15.8 Å². The molecule has 0 saturated heterocycles. The zero-order valence-corrected chi connectivity index (χ0v) is 14.3. The molecule has 5 heteroatoms. The van der Waals surface area contributed by atoms with Crippen molar-refractivity contribution in [2.45, 2.75) is 44.2 Å². The van der Waals surface area contributed by atoms with Crippen molar-refractivity contribution in [2.75, 3.05) is 27.2 Å². The maximum absolute atomic E-state index is 12.4. The average molecular weight is 319 g/mol. The summed E-state index contributed by atoms with van der Waals surface area (Å²) in [5, 5.41) is 2.98. The molecule has 1 fully saturated rings. The van der Waals surface area contributed by atoms with Gasteiger partial charge in [-0.15, -0.1) is 0 Å². The van der Waals surface area contributed by atoms with Crippen LogP contribution in [-0.4, -0.2) is 43.6 Å². The lowest BCUT2D eigenvalue weighted by Crippen LogP contribution is -2.54. The maximum atomic E-state index is 12.4. The lowest BCUT2D eigenvalue weighted by Gasteiger charge is -2.31. The fourth-order valence-electron chi connectivity index (χ4n) is 2.86. The van der Waals surface area contributed by atoms with Gasteiger partial charge in [-0.1, -0.05) is 31.4 Å². The standard InChI is InChI=1S/C18H29N3O2/c1-21(2)11-12-23-16-8-6-7-15(13-16)14-20-17(22)18(19)9-4-3-5-10-18/h6-8,13H,3-5,9-12,14,19H2,1-2H3,(H,20,22). The van der Waals surface area contributed by atoms with Gasteiger partial charge in [0.2, 0.25) is 5.91 Å². The zero-order valence-electron chi connectivity index (χ0n) is 14.3. The maximum Gasteiger partial charge on any atom is 0.240 e. The normalized spacial score (nSPS) is 17.0. The van der Waals surface area contributed by atoms with E-state index in [9.17, 15) is 4.79 Å². The van der Waals surface area contributed by atoms with E-state index in [2.05, 4.69) is 10.2 Å². The van der Waals surface area contributed by atoms with Crippen molar-refractivity contribution in [1.29, 1.82) is 0 Å². The number of hydrogen-bond acceptors (Lipinski definition) is 4. The summed E-state index contributed by atoms with van der Waals surface area (Å²) in [6.45, 7) is 2.01. The Labute approximate surface area is 139 Å². The van der Waals surface area contributed by atoms with Gasteiger partial charge < -0.3 is 20.7 Å². The van der Waals surface area contributed by atoms with Gasteiger partial charge in [-0.2, -0.15) is 0 Å². The van der Waals surface area contributed by atoms with E-state index in [-0.39, 0.29) is 5.91 Å². The third-order valence-electron chi connectivity index (χ3n) is 4.36. The molecule has 23 heavy (non-hydrogen) atoms. The Kier molecular flexibility index (Phi) is 6.42. The highest BCUT2D eigenvalue weighted by Gasteiger charge is 2.34. The number of likely N-dealkylation sites (N-methyl/N-ethyl adjacent to an activating group) is 1. The van der Waals surface area contributed by atoms with E-state index >= 15 is 0 Å². The predicted octanol–water partition coefficient (Wildman–Crippen LogP) is 1.90. The summed E-state index contributed by atoms with van der Waals surface area (Å²) < 4.78 is 5.72. The molecule has 0 atom stereocenters. The van der Waals surface area contributed by atoms with Gasteiger partial charge in [0.05, 0.1) is 5.54 Å². The van der Waals surface area contributed by atoms with Crippen molar-refractivity contribution >= 4 is 5.91 Å². The zero-order chi connectivity index (χ0) is 16.7. The molecule has 1 amide bonds. The first-order valence-electron chi connectivity index (χ1n) is 8.43. The quantitative estimate of drug-likeness (QED) is 0.805. The summed E-state index contributed by atoms with van der Waals surface area (Å²) in [6, 6.07) is 7.85. The van der Waals surface area contributed by atoms with E-state index in [0.29, 0.717) is 13.2 Å². The fraction of sp³-hybridized carbons (Fsp3) is 0.611. The Bertz CT molecular complexity index is 511. The molecule has 0 bridgehead atoms. The van der Waals surface area contributed by atoms with Crippen LogP contribution in [0.15, 0.2) is 24.3 Å². The molecular formula is C18H29N3O2. The van der Waals surface area contributed by atoms with Crippen molar-refractivity contribution in [3.63, 3.8) is 0 Å². The van der Waals surface area contributed by atoms with E-state index < -0.39 is 5.54 Å². The second kappa shape index (κ2) is 8.31. The first kappa shape index (κ1) is 17.8. The Hall–Kier alpha value is -1.59. The largest absolute Gasteiger partial charge is 0.492 e. The van der Waals surface area contributed by atoms with Crippen molar-refractivity contribution in [1.82, 2.24) is 10.2 Å². The van der Waals surface area contributed by atoms with Crippen LogP contribution in [0.1, 0.15) is 37.7 Å². The highest BCUT2D eigenvalue weighted by Crippen LogP contribution is 2.26. The number of amides is 1. The topological polar surface area (TPSA) is 67.6 Å². The van der Waals surface area contributed by atoms with E-state index in [4.69, 9.17) is 10.5 Å². The van der Waals surface area contributed by atoms with Gasteiger partial charge in [0.25, 0.3) is 0 Å². The molecule has 0 heterocycles. The summed E-state index contributed by atoms with van der Waals surface area (Å²) in [5.74, 6) is 0.801. The number of nitrogens with zero attached hydrogens (tertiary/aromatic N) is 1. The highest BCUT2D eigenvalue weighted by molar-refractivity contribution is 5.86. The first-order valence-corrected chi connectivity index (χ1v) is 8.43. The van der Waals surface area contributed by atoms with Crippen LogP contribution in [0.4, 0.5) is 0 Å². The van der Waals surface area contributed by atoms with Gasteiger partial charge in [0.1, 0.15) is 12.4 Å². The number of carbonyl (C=O) groups is 1. The SMILES string of the molecule is CN(C)CCOc1cccc(CNC(=O)C2(N)CCCCC2)c1. The minimum atomic E-state index is -0.682. The highest BCUT2D eigenvalue weighted by atomic mass is 16.5. The van der Waals surface area contributed by atoms with Gasteiger partial charge in [-0.25, -0.2) is 0 Å². The minimum absolute atomic E-state index is 0.0314. The summed E-state index contributed by atoms with van der Waals surface area (Å²) >= 11 is 0. The number of benzene rings is 1. The second-order valence-corrected chi connectivity index (χ2v) is 6.70. The van der Waals surface area contributed by atoms with Crippen LogP contribution in [0.25, 0.3) is 0 Å². The smallest absolute Gasteiger partial charge is 0.240 e. The lowest BCUT2D eigenvalue weighted by atomic mass is 9.82. The van der Waals surface area contributed by atoms with E-state index in [1.165, 1.54) is 6.42 Å². The Morgan fingerprint density at radius 2 is 2.04 bits per heavy atom. The van der Waals surface area contributed by atoms with E-state index in [0.717, 1.165) is 43.5 Å². The minimum Gasteiger partial charge on any atom is -0.492 e. The Morgan fingerprint density at radius 1 is 1.30 bits per heavy atom. The lowest BCUT2D eigenvalue weighted by molar-refractivity contribution is -0.127. The van der Waals surface area contributed by atoms with Gasteiger partial charge in [-0.05, 0) is 44.6 Å². The van der Waals surface area contributed by atoms with Crippen molar-refractivity contribution in [3.8, 4) is 5.75 Å². The van der Waals surface area contributed by atoms with Crippen LogP contribution in [-0.2, 0) is 11.3 Å². The Balaban J connectivity index is 1.84. The third kappa shape index (κ3) is 5.52. The molecule has 5 nitrogen and oxygen atoms in total. The summed E-state index contributed by atoms with van der Waals surface area (Å²) in [4.78, 5) is 14.4. The molecule has 0 spiro atoms. The van der Waals surface area contributed by atoms with Gasteiger partial charge in [0, 0.05) is 13.1 Å². The number of nitrogens with one attached hydrogen (secondary N) is 1. The average Bonchev–Trinajstić information content (AvgIpc) is 2.53. The molecule has 0 aliphatic heterocycles. The molecule has 0 unspecified atom stereocenters. The van der Waals surface area contributed by atoms with Crippen molar-refractivity contribution in [2.24, 2.45) is 5.73 Å². The molecule has 1 saturated carbocycles. The molecule has 0 radical (unpaired) electrons. The number of carbonyl (C=O) groups excluding carboxylic acids is 1. The summed E-state index contributed by atoms with van der Waals surface area (Å²) in [6.07, 6.45) is 4.83. The fourth-order valence-corrected chi connectivity index (χ4v) is 2.86. The van der Waals surface area contributed by atoms with Crippen molar-refractivity contribution < 1.29 is 9.53 Å². The molecular weight excluding hydrogens is 290 g/mol. The number of hydrogen-bond donors (Lipinski definition) is 2. The third-order valence-corrected chi connectivity index (χ3v) is 4.36. The van der Waals surface area contributed by atoms with E-state index in [1.54, 1.807) is 0 Å².